The van der Waals surface area contributed by atoms with Gasteiger partial charge in [0.2, 0.25) is 0 Å². The summed E-state index contributed by atoms with van der Waals surface area (Å²) >= 11 is 3.50. The molecule has 2 aromatic rings. The standard InChI is InChI=1S/C15H17BrN2O/c16-14-4-3-10-7-12(2-1-11(10)8-14)15(18-17)13-5-6-19-9-13/h1-4,7-8,13,15,18H,5-6,9,17H2. The highest BCUT2D eigenvalue weighted by molar-refractivity contribution is 9.10. The van der Waals surface area contributed by atoms with Crippen LogP contribution < -0.4 is 11.3 Å². The monoisotopic (exact) mass is 320 g/mol. The lowest BCUT2D eigenvalue weighted by molar-refractivity contribution is 0.177. The van der Waals surface area contributed by atoms with Crippen LogP contribution in [0.15, 0.2) is 40.9 Å². The summed E-state index contributed by atoms with van der Waals surface area (Å²) in [5.74, 6) is 6.20. The molecule has 2 aromatic carbocycles. The molecule has 0 aliphatic carbocycles. The second-order valence-electron chi connectivity index (χ2n) is 5.02. The number of nitrogens with two attached hydrogens (primary N) is 1. The number of halogens is 1. The second-order valence-corrected chi connectivity index (χ2v) is 5.93. The van der Waals surface area contributed by atoms with Gasteiger partial charge in [0.1, 0.15) is 0 Å². The Morgan fingerprint density at radius 1 is 1.21 bits per heavy atom. The van der Waals surface area contributed by atoms with Gasteiger partial charge in [-0.15, -0.1) is 0 Å². The molecule has 3 N–H and O–H groups in total. The number of benzene rings is 2. The molecule has 19 heavy (non-hydrogen) atoms. The summed E-state index contributed by atoms with van der Waals surface area (Å²) in [5.41, 5.74) is 4.18. The zero-order valence-electron chi connectivity index (χ0n) is 10.6. The summed E-state index contributed by atoms with van der Waals surface area (Å²) in [5, 5.41) is 2.47. The number of rotatable bonds is 3. The lowest BCUT2D eigenvalue weighted by Gasteiger charge is -2.22. The summed E-state index contributed by atoms with van der Waals surface area (Å²) in [7, 11) is 0. The highest BCUT2D eigenvalue weighted by atomic mass is 79.9. The fraction of sp³-hybridized carbons (Fsp3) is 0.333. The van der Waals surface area contributed by atoms with Gasteiger partial charge in [-0.1, -0.05) is 34.1 Å². The number of hydrogen-bond donors (Lipinski definition) is 2. The Hall–Kier alpha value is -0.940. The predicted molar refractivity (Wildman–Crippen MR) is 80.6 cm³/mol. The van der Waals surface area contributed by atoms with Gasteiger partial charge in [-0.2, -0.15) is 0 Å². The van der Waals surface area contributed by atoms with E-state index in [2.05, 4.69) is 57.8 Å². The van der Waals surface area contributed by atoms with E-state index in [-0.39, 0.29) is 6.04 Å². The van der Waals surface area contributed by atoms with E-state index in [1.165, 1.54) is 16.3 Å². The third kappa shape index (κ3) is 2.67. The van der Waals surface area contributed by atoms with Gasteiger partial charge in [-0.3, -0.25) is 11.3 Å². The first-order valence-corrected chi connectivity index (χ1v) is 7.30. The Balaban J connectivity index is 1.96. The van der Waals surface area contributed by atoms with E-state index in [1.54, 1.807) is 0 Å². The maximum Gasteiger partial charge on any atom is 0.0513 e. The molecule has 1 heterocycles. The van der Waals surface area contributed by atoms with Crippen LogP contribution in [0.2, 0.25) is 0 Å². The largest absolute Gasteiger partial charge is 0.381 e. The first-order chi connectivity index (χ1) is 9.28. The zero-order valence-corrected chi connectivity index (χ0v) is 12.2. The van der Waals surface area contributed by atoms with Crippen molar-refractivity contribution in [2.75, 3.05) is 13.2 Å². The first kappa shape index (κ1) is 13.1. The molecule has 0 saturated carbocycles. The molecule has 3 nitrogen and oxygen atoms in total. The molecule has 2 atom stereocenters. The minimum absolute atomic E-state index is 0.163. The molecule has 4 heteroatoms. The average Bonchev–Trinajstić information content (AvgIpc) is 2.93. The molecule has 100 valence electrons. The van der Waals surface area contributed by atoms with Crippen molar-refractivity contribution in [3.05, 3.63) is 46.4 Å². The fourth-order valence-electron chi connectivity index (χ4n) is 2.75. The van der Waals surface area contributed by atoms with Crippen LogP contribution in [0.3, 0.4) is 0 Å². The van der Waals surface area contributed by atoms with Gasteiger partial charge >= 0.3 is 0 Å². The summed E-state index contributed by atoms with van der Waals surface area (Å²) in [6.45, 7) is 1.62. The van der Waals surface area contributed by atoms with Crippen LogP contribution in [0.1, 0.15) is 18.0 Å². The van der Waals surface area contributed by atoms with Crippen LogP contribution in [0.4, 0.5) is 0 Å². The van der Waals surface area contributed by atoms with Crippen molar-refractivity contribution in [3.8, 4) is 0 Å². The van der Waals surface area contributed by atoms with Crippen molar-refractivity contribution < 1.29 is 4.74 Å². The van der Waals surface area contributed by atoms with E-state index < -0.39 is 0 Å². The molecule has 1 aliphatic heterocycles. The molecule has 0 spiro atoms. The van der Waals surface area contributed by atoms with E-state index in [1.807, 2.05) is 0 Å². The van der Waals surface area contributed by atoms with Crippen molar-refractivity contribution in [1.29, 1.82) is 0 Å². The minimum Gasteiger partial charge on any atom is -0.381 e. The molecule has 1 saturated heterocycles. The molecular formula is C15H17BrN2O. The molecule has 1 fully saturated rings. The highest BCUT2D eigenvalue weighted by Crippen LogP contribution is 2.30. The van der Waals surface area contributed by atoms with Gasteiger partial charge in [-0.25, -0.2) is 0 Å². The van der Waals surface area contributed by atoms with Gasteiger partial charge in [0, 0.05) is 17.0 Å². The second kappa shape index (κ2) is 5.59. The third-order valence-corrected chi connectivity index (χ3v) is 4.29. The van der Waals surface area contributed by atoms with Crippen molar-refractivity contribution in [2.24, 2.45) is 11.8 Å². The smallest absolute Gasteiger partial charge is 0.0513 e. The van der Waals surface area contributed by atoms with E-state index in [9.17, 15) is 0 Å². The SMILES string of the molecule is NNC(c1ccc2cc(Br)ccc2c1)C1CCOC1. The Morgan fingerprint density at radius 3 is 2.74 bits per heavy atom. The molecule has 0 aromatic heterocycles. The minimum atomic E-state index is 0.163. The fourth-order valence-corrected chi connectivity index (χ4v) is 3.13. The van der Waals surface area contributed by atoms with Crippen molar-refractivity contribution >= 4 is 26.7 Å². The van der Waals surface area contributed by atoms with Crippen LogP contribution in [0.5, 0.6) is 0 Å². The van der Waals surface area contributed by atoms with Crippen LogP contribution in [-0.2, 0) is 4.74 Å². The van der Waals surface area contributed by atoms with Crippen molar-refractivity contribution in [2.45, 2.75) is 12.5 Å². The number of hydrogen-bond acceptors (Lipinski definition) is 3. The van der Waals surface area contributed by atoms with Gasteiger partial charge in [-0.05, 0) is 41.0 Å². The Bertz CT molecular complexity index is 581. The molecule has 0 bridgehead atoms. The Morgan fingerprint density at radius 2 is 2.00 bits per heavy atom. The number of nitrogens with one attached hydrogen (secondary N) is 1. The van der Waals surface area contributed by atoms with Gasteiger partial charge in [0.05, 0.1) is 12.6 Å². The normalized spacial score (nSPS) is 20.8. The van der Waals surface area contributed by atoms with E-state index >= 15 is 0 Å². The van der Waals surface area contributed by atoms with Crippen LogP contribution in [0.25, 0.3) is 10.8 Å². The molecule has 1 aliphatic rings. The van der Waals surface area contributed by atoms with E-state index in [0.717, 1.165) is 24.1 Å². The number of ether oxygens (including phenoxy) is 1. The maximum absolute atomic E-state index is 5.74. The molecule has 0 amide bonds. The van der Waals surface area contributed by atoms with Crippen molar-refractivity contribution in [3.63, 3.8) is 0 Å². The number of hydrazine groups is 1. The summed E-state index contributed by atoms with van der Waals surface area (Å²) < 4.78 is 6.57. The summed E-state index contributed by atoms with van der Waals surface area (Å²) in [6.07, 6.45) is 1.06. The number of fused-ring (bicyclic) bond motifs is 1. The van der Waals surface area contributed by atoms with Gasteiger partial charge in [0.15, 0.2) is 0 Å². The molecule has 0 radical (unpaired) electrons. The van der Waals surface area contributed by atoms with Crippen LogP contribution in [-0.4, -0.2) is 13.2 Å². The summed E-state index contributed by atoms with van der Waals surface area (Å²) in [4.78, 5) is 0. The maximum atomic E-state index is 5.74. The Labute approximate surface area is 121 Å². The quantitative estimate of drug-likeness (QED) is 0.674. The van der Waals surface area contributed by atoms with Gasteiger partial charge < -0.3 is 4.74 Å². The third-order valence-electron chi connectivity index (χ3n) is 3.80. The Kier molecular flexibility index (Phi) is 3.84. The van der Waals surface area contributed by atoms with E-state index in [4.69, 9.17) is 10.6 Å². The zero-order chi connectivity index (χ0) is 13.2. The molecule has 2 unspecified atom stereocenters. The van der Waals surface area contributed by atoms with Crippen LogP contribution in [0, 0.1) is 5.92 Å². The van der Waals surface area contributed by atoms with Crippen LogP contribution >= 0.6 is 15.9 Å². The molecular weight excluding hydrogens is 304 g/mol. The summed E-state index contributed by atoms with van der Waals surface area (Å²) in [6, 6.07) is 13.0. The average molecular weight is 321 g/mol. The predicted octanol–water partition coefficient (Wildman–Crippen LogP) is 3.14. The lowest BCUT2D eigenvalue weighted by Crippen LogP contribution is -2.33. The van der Waals surface area contributed by atoms with Crippen molar-refractivity contribution in [1.82, 2.24) is 5.43 Å². The van der Waals surface area contributed by atoms with Gasteiger partial charge in [0.25, 0.3) is 0 Å². The highest BCUT2D eigenvalue weighted by Gasteiger charge is 2.26. The van der Waals surface area contributed by atoms with E-state index in [0.29, 0.717) is 5.92 Å². The topological polar surface area (TPSA) is 47.3 Å². The first-order valence-electron chi connectivity index (χ1n) is 6.51. The molecule has 3 rings (SSSR count). The lowest BCUT2D eigenvalue weighted by atomic mass is 9.91.